The van der Waals surface area contributed by atoms with Gasteiger partial charge in [-0.25, -0.2) is 18.6 Å². The van der Waals surface area contributed by atoms with Crippen LogP contribution in [0.5, 0.6) is 11.6 Å². The third kappa shape index (κ3) is 6.72. The highest BCUT2D eigenvalue weighted by Gasteiger charge is 2.49. The maximum absolute atomic E-state index is 15.8. The lowest BCUT2D eigenvalue weighted by atomic mass is 9.96. The Morgan fingerprint density at radius 2 is 1.78 bits per heavy atom. The lowest BCUT2D eigenvalue weighted by Crippen LogP contribution is -2.39. The average molecular weight is 686 g/mol. The molecule has 1 amide bonds. The molecule has 0 atom stereocenters. The van der Waals surface area contributed by atoms with Crippen molar-refractivity contribution in [2.75, 3.05) is 6.54 Å². The van der Waals surface area contributed by atoms with Gasteiger partial charge >= 0.3 is 21.7 Å². The SMILES string of the molecule is CC(C)Oc1cc(F)cc(F)c1-c1c(-c2cc3c(cn2)CCN(C(=O)OC(C)(C)C)C3)nc(OS(=O)(=O)C(F)(F)F)c2ccsc12. The maximum Gasteiger partial charge on any atom is 0.534 e. The molecule has 9 nitrogen and oxygen atoms in total. The molecule has 0 fully saturated rings. The first-order valence-electron chi connectivity index (χ1n) is 13.9. The van der Waals surface area contributed by atoms with Crippen molar-refractivity contribution in [2.45, 2.75) is 64.8 Å². The Hall–Kier alpha value is -4.05. The van der Waals surface area contributed by atoms with E-state index in [1.807, 2.05) is 0 Å². The van der Waals surface area contributed by atoms with E-state index < -0.39 is 50.9 Å². The number of aromatic nitrogens is 2. The van der Waals surface area contributed by atoms with Crippen molar-refractivity contribution in [3.05, 3.63) is 58.6 Å². The van der Waals surface area contributed by atoms with Crippen LogP contribution in [0, 0.1) is 11.6 Å². The second-order valence-corrected chi connectivity index (χ2v) is 14.2. The van der Waals surface area contributed by atoms with Gasteiger partial charge in [0, 0.05) is 37.0 Å². The minimum atomic E-state index is -6.17. The number of pyridine rings is 2. The van der Waals surface area contributed by atoms with Crippen molar-refractivity contribution in [1.29, 1.82) is 0 Å². The van der Waals surface area contributed by atoms with Gasteiger partial charge in [0.2, 0.25) is 5.88 Å². The fourth-order valence-electron chi connectivity index (χ4n) is 4.82. The van der Waals surface area contributed by atoms with E-state index in [1.165, 1.54) is 28.6 Å². The van der Waals surface area contributed by atoms with Gasteiger partial charge in [-0.15, -0.1) is 11.3 Å². The Morgan fingerprint density at radius 3 is 2.43 bits per heavy atom. The number of carbonyl (C=O) groups is 1. The van der Waals surface area contributed by atoms with Crippen LogP contribution in [-0.2, 0) is 27.8 Å². The van der Waals surface area contributed by atoms with Crippen molar-refractivity contribution >= 4 is 37.6 Å². The fourth-order valence-corrected chi connectivity index (χ4v) is 6.19. The summed E-state index contributed by atoms with van der Waals surface area (Å²) in [6.45, 7) is 8.85. The summed E-state index contributed by atoms with van der Waals surface area (Å²) in [4.78, 5) is 22.9. The van der Waals surface area contributed by atoms with Crippen LogP contribution in [0.15, 0.2) is 35.8 Å². The zero-order valence-corrected chi connectivity index (χ0v) is 26.8. The molecule has 3 aromatic heterocycles. The van der Waals surface area contributed by atoms with Gasteiger partial charge in [-0.3, -0.25) is 4.98 Å². The standard InChI is InChI=1S/C30H28F5N3O6S2/c1-15(2)42-22-12-18(31)11-20(32)23(22)24-25(37-27(19-7-9-45-26(19)24)44-46(40,41)30(33,34)35)21-10-17-14-38(8-6-16(17)13-36-21)28(39)43-29(3,4)5/h7,9-13,15H,6,8,14H2,1-5H3. The van der Waals surface area contributed by atoms with Crippen LogP contribution in [0.2, 0.25) is 0 Å². The Balaban J connectivity index is 1.76. The topological polar surface area (TPSA) is 108 Å². The molecule has 246 valence electrons. The fraction of sp³-hybridized carbons (Fsp3) is 0.367. The molecule has 0 saturated carbocycles. The van der Waals surface area contributed by atoms with Crippen molar-refractivity contribution < 1.29 is 48.8 Å². The minimum absolute atomic E-state index is 0.0106. The first-order valence-corrected chi connectivity index (χ1v) is 16.2. The summed E-state index contributed by atoms with van der Waals surface area (Å²) < 4.78 is 110. The van der Waals surface area contributed by atoms with Gasteiger partial charge < -0.3 is 18.6 Å². The molecule has 5 rings (SSSR count). The van der Waals surface area contributed by atoms with Crippen LogP contribution in [0.3, 0.4) is 0 Å². The zero-order valence-electron chi connectivity index (χ0n) is 25.2. The van der Waals surface area contributed by atoms with Crippen LogP contribution in [0.4, 0.5) is 26.7 Å². The van der Waals surface area contributed by atoms with E-state index in [-0.39, 0.29) is 44.9 Å². The highest BCUT2D eigenvalue weighted by Crippen LogP contribution is 2.47. The largest absolute Gasteiger partial charge is 0.534 e. The van der Waals surface area contributed by atoms with Crippen LogP contribution < -0.4 is 8.92 Å². The van der Waals surface area contributed by atoms with Crippen LogP contribution in [-0.4, -0.2) is 53.1 Å². The predicted octanol–water partition coefficient (Wildman–Crippen LogP) is 7.61. The monoisotopic (exact) mass is 685 g/mol. The Bertz CT molecular complexity index is 1940. The lowest BCUT2D eigenvalue weighted by molar-refractivity contribution is -0.0500. The normalized spacial score (nSPS) is 14.0. The van der Waals surface area contributed by atoms with Gasteiger partial charge in [-0.2, -0.15) is 21.6 Å². The smallest absolute Gasteiger partial charge is 0.490 e. The first-order chi connectivity index (χ1) is 21.3. The summed E-state index contributed by atoms with van der Waals surface area (Å²) in [5.74, 6) is -3.16. The maximum atomic E-state index is 15.8. The van der Waals surface area contributed by atoms with Gasteiger partial charge in [-0.1, -0.05) is 0 Å². The molecule has 1 aromatic carbocycles. The van der Waals surface area contributed by atoms with Crippen molar-refractivity contribution in [3.8, 4) is 34.1 Å². The molecule has 0 N–H and O–H groups in total. The number of benzene rings is 1. The summed E-state index contributed by atoms with van der Waals surface area (Å²) in [5.41, 5.74) is -5.76. The predicted molar refractivity (Wildman–Crippen MR) is 160 cm³/mol. The molecule has 1 aliphatic heterocycles. The van der Waals surface area contributed by atoms with E-state index in [9.17, 15) is 30.8 Å². The number of amides is 1. The summed E-state index contributed by atoms with van der Waals surface area (Å²) in [6, 6.07) is 4.36. The first kappa shape index (κ1) is 33.3. The second-order valence-electron chi connectivity index (χ2n) is 11.7. The molecule has 0 aliphatic carbocycles. The summed E-state index contributed by atoms with van der Waals surface area (Å²) in [5, 5.41) is 1.25. The van der Waals surface area contributed by atoms with E-state index in [2.05, 4.69) is 14.2 Å². The summed E-state index contributed by atoms with van der Waals surface area (Å²) >= 11 is 0.935. The van der Waals surface area contributed by atoms with E-state index in [4.69, 9.17) is 9.47 Å². The van der Waals surface area contributed by atoms with Gasteiger partial charge in [0.25, 0.3) is 0 Å². The number of fused-ring (bicyclic) bond motifs is 2. The Morgan fingerprint density at radius 1 is 1.07 bits per heavy atom. The average Bonchev–Trinajstić information content (AvgIpc) is 3.41. The molecule has 0 spiro atoms. The van der Waals surface area contributed by atoms with E-state index in [0.717, 1.165) is 23.0 Å². The quantitative estimate of drug-likeness (QED) is 0.116. The third-order valence-corrected chi connectivity index (χ3v) is 8.54. The van der Waals surface area contributed by atoms with E-state index in [0.29, 0.717) is 24.6 Å². The molecule has 1 aliphatic rings. The Kier molecular flexibility index (Phi) is 8.66. The molecular formula is C30H28F5N3O6S2. The number of hydrogen-bond donors (Lipinski definition) is 0. The summed E-state index contributed by atoms with van der Waals surface area (Å²) in [6.07, 6.45) is 0.784. The van der Waals surface area contributed by atoms with Crippen molar-refractivity contribution in [3.63, 3.8) is 0 Å². The van der Waals surface area contributed by atoms with Gasteiger partial charge in [0.1, 0.15) is 28.7 Å². The number of carbonyl (C=O) groups excluding carboxylic acids is 1. The Labute approximate surface area is 265 Å². The van der Waals surface area contributed by atoms with Gasteiger partial charge in [-0.05, 0) is 69.7 Å². The molecule has 0 unspecified atom stereocenters. The number of thiophene rings is 1. The molecule has 0 radical (unpaired) electrons. The molecule has 16 heteroatoms. The highest BCUT2D eigenvalue weighted by molar-refractivity contribution is 7.88. The molecule has 46 heavy (non-hydrogen) atoms. The highest BCUT2D eigenvalue weighted by atomic mass is 32.2. The van der Waals surface area contributed by atoms with E-state index in [1.54, 1.807) is 34.6 Å². The molecular weight excluding hydrogens is 657 g/mol. The van der Waals surface area contributed by atoms with Crippen LogP contribution in [0.1, 0.15) is 45.7 Å². The molecule has 4 aromatic rings. The number of nitrogens with zero attached hydrogens (tertiary/aromatic N) is 3. The molecule has 0 bridgehead atoms. The van der Waals surface area contributed by atoms with Crippen LogP contribution >= 0.6 is 11.3 Å². The minimum Gasteiger partial charge on any atom is -0.490 e. The number of hydrogen-bond acceptors (Lipinski definition) is 9. The van der Waals surface area contributed by atoms with Gasteiger partial charge in [0.05, 0.1) is 27.4 Å². The third-order valence-electron chi connectivity index (χ3n) is 6.67. The second kappa shape index (κ2) is 12.0. The van der Waals surface area contributed by atoms with Gasteiger partial charge in [0.15, 0.2) is 0 Å². The number of halogens is 5. The summed E-state index contributed by atoms with van der Waals surface area (Å²) in [7, 11) is -6.17. The van der Waals surface area contributed by atoms with Crippen LogP contribution in [0.25, 0.3) is 32.6 Å². The van der Waals surface area contributed by atoms with Crippen molar-refractivity contribution in [1.82, 2.24) is 14.9 Å². The van der Waals surface area contributed by atoms with E-state index >= 15 is 4.39 Å². The zero-order chi connectivity index (χ0) is 33.8. The molecule has 4 heterocycles. The number of rotatable bonds is 6. The number of ether oxygens (including phenoxy) is 2. The van der Waals surface area contributed by atoms with Crippen molar-refractivity contribution in [2.24, 2.45) is 0 Å². The molecule has 0 saturated heterocycles. The number of alkyl halides is 3. The lowest BCUT2D eigenvalue weighted by Gasteiger charge is -2.31.